The molecule has 96 valence electrons. The topological polar surface area (TPSA) is 72.7 Å². The summed E-state index contributed by atoms with van der Waals surface area (Å²) in [4.78, 5) is 23.0. The molecular weight excluding hydrogens is 236 g/mol. The molecule has 0 heterocycles. The molecule has 6 heteroatoms. The maximum Gasteiger partial charge on any atom is 0.308 e. The molecule has 0 aromatic heterocycles. The second-order valence-corrected chi connectivity index (χ2v) is 3.85. The molecule has 0 fully saturated rings. The molecule has 1 aromatic carbocycles. The maximum absolute atomic E-state index is 10.9. The van der Waals surface area contributed by atoms with E-state index in [-0.39, 0.29) is 11.4 Å². The Hall–Kier alpha value is -2.37. The minimum atomic E-state index is -0.513. The zero-order chi connectivity index (χ0) is 13.7. The van der Waals surface area contributed by atoms with Crippen molar-refractivity contribution in [1.82, 2.24) is 4.90 Å². The van der Waals surface area contributed by atoms with Gasteiger partial charge in [0.2, 0.25) is 0 Å². The van der Waals surface area contributed by atoms with Gasteiger partial charge in [-0.2, -0.15) is 0 Å². The summed E-state index contributed by atoms with van der Waals surface area (Å²) in [5.74, 6) is -0.350. The number of nitro benzene ring substituents is 1. The summed E-state index contributed by atoms with van der Waals surface area (Å²) < 4.78 is 4.81. The molecule has 6 nitrogen and oxygen atoms in total. The summed E-state index contributed by atoms with van der Waals surface area (Å²) in [5, 5.41) is 10.9. The summed E-state index contributed by atoms with van der Waals surface area (Å²) in [6.45, 7) is 1.24. The minimum Gasteiger partial charge on any atom is -0.426 e. The first kappa shape index (κ1) is 13.7. The Morgan fingerprint density at radius 3 is 2.61 bits per heavy atom. The number of ether oxygens (including phenoxy) is 1. The van der Waals surface area contributed by atoms with Gasteiger partial charge >= 0.3 is 5.97 Å². The predicted molar refractivity (Wildman–Crippen MR) is 67.1 cm³/mol. The summed E-state index contributed by atoms with van der Waals surface area (Å²) >= 11 is 0. The average Bonchev–Trinajstić information content (AvgIpc) is 2.26. The van der Waals surface area contributed by atoms with Crippen molar-refractivity contribution in [3.05, 3.63) is 40.1 Å². The molecule has 0 spiro atoms. The van der Waals surface area contributed by atoms with Gasteiger partial charge in [0, 0.05) is 21.0 Å². The molecule has 0 radical (unpaired) electrons. The fourth-order valence-electron chi connectivity index (χ4n) is 1.28. The van der Waals surface area contributed by atoms with E-state index in [0.29, 0.717) is 5.56 Å². The molecule has 0 aliphatic rings. The van der Waals surface area contributed by atoms with E-state index < -0.39 is 10.9 Å². The Kier molecular flexibility index (Phi) is 4.42. The molecule has 0 unspecified atom stereocenters. The molecule has 0 saturated heterocycles. The maximum atomic E-state index is 10.9. The van der Waals surface area contributed by atoms with E-state index in [1.54, 1.807) is 17.2 Å². The Bertz CT molecular complexity index is 495. The lowest BCUT2D eigenvalue weighted by Crippen LogP contribution is -2.03. The van der Waals surface area contributed by atoms with E-state index in [0.717, 1.165) is 0 Å². The van der Waals surface area contributed by atoms with E-state index in [2.05, 4.69) is 0 Å². The SMILES string of the molecule is CC(=O)Oc1ccc(/C=C/N(C)C)c([N+](=O)[O-])c1. The van der Waals surface area contributed by atoms with Crippen molar-refractivity contribution in [3.63, 3.8) is 0 Å². The minimum absolute atomic E-state index is 0.105. The number of rotatable bonds is 4. The third kappa shape index (κ3) is 3.89. The Labute approximate surface area is 105 Å². The van der Waals surface area contributed by atoms with Crippen molar-refractivity contribution in [1.29, 1.82) is 0 Å². The lowest BCUT2D eigenvalue weighted by Gasteiger charge is -2.05. The summed E-state index contributed by atoms with van der Waals surface area (Å²) in [6, 6.07) is 4.29. The van der Waals surface area contributed by atoms with E-state index in [1.807, 2.05) is 14.1 Å². The molecule has 1 rings (SSSR count). The lowest BCUT2D eigenvalue weighted by atomic mass is 10.1. The van der Waals surface area contributed by atoms with Crippen LogP contribution in [0.4, 0.5) is 5.69 Å². The molecule has 0 aliphatic heterocycles. The molecule has 0 N–H and O–H groups in total. The van der Waals surface area contributed by atoms with Crippen LogP contribution in [0.1, 0.15) is 12.5 Å². The molecule has 1 aromatic rings. The number of benzene rings is 1. The Morgan fingerprint density at radius 1 is 1.44 bits per heavy atom. The number of esters is 1. The van der Waals surface area contributed by atoms with Gasteiger partial charge in [0.25, 0.3) is 5.69 Å². The van der Waals surface area contributed by atoms with Crippen molar-refractivity contribution in [2.45, 2.75) is 6.92 Å². The molecular formula is C12H14N2O4. The lowest BCUT2D eigenvalue weighted by molar-refractivity contribution is -0.385. The monoisotopic (exact) mass is 250 g/mol. The van der Waals surface area contributed by atoms with Crippen LogP contribution in [0.3, 0.4) is 0 Å². The number of nitrogens with zero attached hydrogens (tertiary/aromatic N) is 2. The van der Waals surface area contributed by atoms with Crippen LogP contribution in [0.5, 0.6) is 5.75 Å². The van der Waals surface area contributed by atoms with Gasteiger partial charge in [0.15, 0.2) is 0 Å². The van der Waals surface area contributed by atoms with Crippen molar-refractivity contribution in [2.24, 2.45) is 0 Å². The highest BCUT2D eigenvalue weighted by Crippen LogP contribution is 2.25. The van der Waals surface area contributed by atoms with Crippen LogP contribution in [-0.2, 0) is 4.79 Å². The zero-order valence-electron chi connectivity index (χ0n) is 10.4. The first-order valence-corrected chi connectivity index (χ1v) is 5.21. The van der Waals surface area contributed by atoms with Crippen molar-refractivity contribution in [3.8, 4) is 5.75 Å². The first-order valence-electron chi connectivity index (χ1n) is 5.21. The van der Waals surface area contributed by atoms with Gasteiger partial charge in [-0.1, -0.05) is 0 Å². The number of carbonyl (C=O) groups excluding carboxylic acids is 1. The largest absolute Gasteiger partial charge is 0.426 e. The average molecular weight is 250 g/mol. The molecule has 0 saturated carbocycles. The molecule has 18 heavy (non-hydrogen) atoms. The molecule has 0 amide bonds. The second kappa shape index (κ2) is 5.81. The first-order chi connectivity index (χ1) is 8.40. The highest BCUT2D eigenvalue weighted by molar-refractivity contribution is 5.70. The molecule has 0 bridgehead atoms. The van der Waals surface area contributed by atoms with Crippen molar-refractivity contribution < 1.29 is 14.5 Å². The Balaban J connectivity index is 3.12. The molecule has 0 aliphatic carbocycles. The predicted octanol–water partition coefficient (Wildman–Crippen LogP) is 2.05. The van der Waals surface area contributed by atoms with Gasteiger partial charge in [-0.05, 0) is 24.4 Å². The van der Waals surface area contributed by atoms with Crippen LogP contribution >= 0.6 is 0 Å². The van der Waals surface area contributed by atoms with Crippen molar-refractivity contribution in [2.75, 3.05) is 14.1 Å². The summed E-state index contributed by atoms with van der Waals surface area (Å²) in [5.41, 5.74) is 0.344. The fourth-order valence-corrected chi connectivity index (χ4v) is 1.28. The van der Waals surface area contributed by atoms with Crippen LogP contribution in [-0.4, -0.2) is 29.9 Å². The normalized spacial score (nSPS) is 10.4. The van der Waals surface area contributed by atoms with Gasteiger partial charge < -0.3 is 9.64 Å². The fraction of sp³-hybridized carbons (Fsp3) is 0.250. The van der Waals surface area contributed by atoms with Gasteiger partial charge in [-0.15, -0.1) is 0 Å². The van der Waals surface area contributed by atoms with Crippen LogP contribution in [0.2, 0.25) is 0 Å². The standard InChI is InChI=1S/C12H14N2O4/c1-9(15)18-11-5-4-10(6-7-13(2)3)12(8-11)14(16)17/h4-8H,1-3H3/b7-6+. The number of carbonyl (C=O) groups is 1. The van der Waals surface area contributed by atoms with Crippen LogP contribution in [0, 0.1) is 10.1 Å². The Morgan fingerprint density at radius 2 is 2.11 bits per heavy atom. The highest BCUT2D eigenvalue weighted by atomic mass is 16.6. The van der Waals surface area contributed by atoms with E-state index in [4.69, 9.17) is 4.74 Å². The number of nitro groups is 1. The number of hydrogen-bond acceptors (Lipinski definition) is 5. The summed E-state index contributed by atoms with van der Waals surface area (Å²) in [6.07, 6.45) is 3.32. The van der Waals surface area contributed by atoms with Gasteiger partial charge in [0.1, 0.15) is 5.75 Å². The third-order valence-electron chi connectivity index (χ3n) is 2.01. The van der Waals surface area contributed by atoms with E-state index >= 15 is 0 Å². The van der Waals surface area contributed by atoms with Crippen LogP contribution < -0.4 is 4.74 Å². The summed E-state index contributed by atoms with van der Waals surface area (Å²) in [7, 11) is 3.63. The second-order valence-electron chi connectivity index (χ2n) is 3.85. The third-order valence-corrected chi connectivity index (χ3v) is 2.01. The van der Waals surface area contributed by atoms with Crippen molar-refractivity contribution >= 4 is 17.7 Å². The highest BCUT2D eigenvalue weighted by Gasteiger charge is 2.14. The quantitative estimate of drug-likeness (QED) is 0.354. The smallest absolute Gasteiger partial charge is 0.308 e. The van der Waals surface area contributed by atoms with E-state index in [9.17, 15) is 14.9 Å². The van der Waals surface area contributed by atoms with Gasteiger partial charge in [-0.25, -0.2) is 0 Å². The van der Waals surface area contributed by atoms with Crippen LogP contribution in [0.25, 0.3) is 6.08 Å². The van der Waals surface area contributed by atoms with Gasteiger partial charge in [0.05, 0.1) is 16.6 Å². The van der Waals surface area contributed by atoms with Gasteiger partial charge in [-0.3, -0.25) is 14.9 Å². The number of hydrogen-bond donors (Lipinski definition) is 0. The zero-order valence-corrected chi connectivity index (χ0v) is 10.4. The molecule has 0 atom stereocenters. The van der Waals surface area contributed by atoms with E-state index in [1.165, 1.54) is 25.1 Å². The van der Waals surface area contributed by atoms with Crippen LogP contribution in [0.15, 0.2) is 24.4 Å².